The molecule has 0 saturated heterocycles. The van der Waals surface area contributed by atoms with Gasteiger partial charge in [-0.2, -0.15) is 0 Å². The van der Waals surface area contributed by atoms with Crippen molar-refractivity contribution in [3.63, 3.8) is 0 Å². The van der Waals surface area contributed by atoms with Gasteiger partial charge < -0.3 is 0 Å². The van der Waals surface area contributed by atoms with Crippen LogP contribution in [0.15, 0.2) is 27.6 Å². The molecule has 1 saturated carbocycles. The Bertz CT molecular complexity index is 601. The van der Waals surface area contributed by atoms with Crippen LogP contribution >= 0.6 is 27.5 Å². The maximum Gasteiger partial charge on any atom is 0.242 e. The van der Waals surface area contributed by atoms with E-state index in [1.54, 1.807) is 12.1 Å². The monoisotopic (exact) mass is 379 g/mol. The third-order valence-electron chi connectivity index (χ3n) is 3.99. The molecular weight excluding hydrogens is 362 g/mol. The Morgan fingerprint density at radius 2 is 2.05 bits per heavy atom. The summed E-state index contributed by atoms with van der Waals surface area (Å²) in [5.74, 6) is 0. The summed E-state index contributed by atoms with van der Waals surface area (Å²) in [5, 5.41) is 0.237. The summed E-state index contributed by atoms with van der Waals surface area (Å²) < 4.78 is 28.6. The third-order valence-corrected chi connectivity index (χ3v) is 6.44. The van der Waals surface area contributed by atoms with E-state index in [1.807, 2.05) is 0 Å². The summed E-state index contributed by atoms with van der Waals surface area (Å²) in [6.45, 7) is 4.23. The SMILES string of the molecule is CC1(C)CCCCC1NS(=O)(=O)c1ccc(Br)cc1Cl. The second-order valence-corrected chi connectivity index (χ2v) is 8.99. The van der Waals surface area contributed by atoms with Crippen LogP contribution in [0.5, 0.6) is 0 Å². The average Bonchev–Trinajstić information content (AvgIpc) is 2.31. The normalized spacial score (nSPS) is 22.7. The Morgan fingerprint density at radius 3 is 2.65 bits per heavy atom. The smallest absolute Gasteiger partial charge is 0.207 e. The Labute approximate surface area is 134 Å². The Morgan fingerprint density at radius 1 is 1.35 bits per heavy atom. The number of hydrogen-bond acceptors (Lipinski definition) is 2. The first-order valence-corrected chi connectivity index (χ1v) is 9.35. The summed E-state index contributed by atoms with van der Waals surface area (Å²) in [6.07, 6.45) is 4.13. The van der Waals surface area contributed by atoms with E-state index in [1.165, 1.54) is 6.07 Å². The van der Waals surface area contributed by atoms with E-state index >= 15 is 0 Å². The van der Waals surface area contributed by atoms with E-state index in [9.17, 15) is 8.42 Å². The second-order valence-electron chi connectivity index (χ2n) is 5.98. The van der Waals surface area contributed by atoms with Gasteiger partial charge in [-0.05, 0) is 36.5 Å². The van der Waals surface area contributed by atoms with E-state index in [0.29, 0.717) is 0 Å². The van der Waals surface area contributed by atoms with Crippen LogP contribution in [0.1, 0.15) is 39.5 Å². The zero-order valence-electron chi connectivity index (χ0n) is 11.6. The maximum absolute atomic E-state index is 12.5. The van der Waals surface area contributed by atoms with Gasteiger partial charge in [0.2, 0.25) is 10.0 Å². The molecule has 0 aromatic heterocycles. The van der Waals surface area contributed by atoms with E-state index < -0.39 is 10.0 Å². The van der Waals surface area contributed by atoms with Gasteiger partial charge in [0.15, 0.2) is 0 Å². The highest BCUT2D eigenvalue weighted by atomic mass is 79.9. The van der Waals surface area contributed by atoms with Gasteiger partial charge >= 0.3 is 0 Å². The van der Waals surface area contributed by atoms with Crippen LogP contribution < -0.4 is 4.72 Å². The van der Waals surface area contributed by atoms with Crippen LogP contribution in [0.3, 0.4) is 0 Å². The maximum atomic E-state index is 12.5. The molecule has 1 aliphatic carbocycles. The molecule has 6 heteroatoms. The molecule has 0 spiro atoms. The Kier molecular flexibility index (Phi) is 4.84. The highest BCUT2D eigenvalue weighted by Crippen LogP contribution is 2.36. The molecule has 0 aliphatic heterocycles. The highest BCUT2D eigenvalue weighted by molar-refractivity contribution is 9.10. The fourth-order valence-electron chi connectivity index (χ4n) is 2.66. The standard InChI is InChI=1S/C14H19BrClNO2S/c1-14(2)8-4-3-5-13(14)17-20(18,19)12-7-6-10(15)9-11(12)16/h6-7,9,13,17H,3-5,8H2,1-2H3. The summed E-state index contributed by atoms with van der Waals surface area (Å²) in [6, 6.07) is 4.78. The predicted molar refractivity (Wildman–Crippen MR) is 85.5 cm³/mol. The fourth-order valence-corrected chi connectivity index (χ4v) is 5.14. The topological polar surface area (TPSA) is 46.2 Å². The molecule has 0 amide bonds. The number of hydrogen-bond donors (Lipinski definition) is 1. The molecule has 1 unspecified atom stereocenters. The van der Waals surface area contributed by atoms with Crippen molar-refractivity contribution < 1.29 is 8.42 Å². The summed E-state index contributed by atoms with van der Waals surface area (Å²) in [4.78, 5) is 0.142. The van der Waals surface area contributed by atoms with E-state index in [0.717, 1.165) is 30.2 Å². The number of sulfonamides is 1. The second kappa shape index (κ2) is 5.95. The number of halogens is 2. The fraction of sp³-hybridized carbons (Fsp3) is 0.571. The van der Waals surface area contributed by atoms with Gasteiger partial charge in [0, 0.05) is 10.5 Å². The molecule has 0 radical (unpaired) electrons. The number of benzene rings is 1. The lowest BCUT2D eigenvalue weighted by Gasteiger charge is -2.38. The molecule has 1 aliphatic rings. The molecule has 1 aromatic carbocycles. The van der Waals surface area contributed by atoms with Gasteiger partial charge in [0.1, 0.15) is 4.90 Å². The van der Waals surface area contributed by atoms with E-state index in [-0.39, 0.29) is 21.4 Å². The molecule has 2 rings (SSSR count). The molecule has 1 N–H and O–H groups in total. The molecule has 20 heavy (non-hydrogen) atoms. The Balaban J connectivity index is 2.27. The van der Waals surface area contributed by atoms with Crippen LogP contribution in [0, 0.1) is 5.41 Å². The van der Waals surface area contributed by atoms with Gasteiger partial charge in [-0.1, -0.05) is 54.2 Å². The van der Waals surface area contributed by atoms with Crippen LogP contribution in [-0.4, -0.2) is 14.5 Å². The molecule has 112 valence electrons. The molecule has 1 aromatic rings. The minimum Gasteiger partial charge on any atom is -0.207 e. The minimum absolute atomic E-state index is 0.0207. The van der Waals surface area contributed by atoms with Gasteiger partial charge in [0.25, 0.3) is 0 Å². The van der Waals surface area contributed by atoms with Gasteiger partial charge in [-0.15, -0.1) is 0 Å². The highest BCUT2D eigenvalue weighted by Gasteiger charge is 2.35. The van der Waals surface area contributed by atoms with Crippen molar-refractivity contribution in [2.75, 3.05) is 0 Å². The third kappa shape index (κ3) is 3.56. The van der Waals surface area contributed by atoms with E-state index in [4.69, 9.17) is 11.6 Å². The first-order chi connectivity index (χ1) is 9.22. The van der Waals surface area contributed by atoms with Crippen molar-refractivity contribution in [1.29, 1.82) is 0 Å². The first-order valence-electron chi connectivity index (χ1n) is 6.70. The lowest BCUT2D eigenvalue weighted by atomic mass is 9.74. The van der Waals surface area contributed by atoms with Gasteiger partial charge in [-0.25, -0.2) is 13.1 Å². The van der Waals surface area contributed by atoms with Crippen molar-refractivity contribution in [3.8, 4) is 0 Å². The summed E-state index contributed by atoms with van der Waals surface area (Å²) in [5.41, 5.74) is -0.0207. The zero-order chi connectivity index (χ0) is 15.0. The van der Waals surface area contributed by atoms with Crippen molar-refractivity contribution in [1.82, 2.24) is 4.72 Å². The lowest BCUT2D eigenvalue weighted by Crippen LogP contribution is -2.46. The van der Waals surface area contributed by atoms with Crippen molar-refractivity contribution >= 4 is 37.6 Å². The van der Waals surface area contributed by atoms with Crippen LogP contribution in [0.4, 0.5) is 0 Å². The van der Waals surface area contributed by atoms with Crippen LogP contribution in [-0.2, 0) is 10.0 Å². The summed E-state index contributed by atoms with van der Waals surface area (Å²) >= 11 is 9.33. The van der Waals surface area contributed by atoms with Crippen molar-refractivity contribution in [2.24, 2.45) is 5.41 Å². The zero-order valence-corrected chi connectivity index (χ0v) is 14.8. The molecular formula is C14H19BrClNO2S. The average molecular weight is 381 g/mol. The molecule has 3 nitrogen and oxygen atoms in total. The van der Waals surface area contributed by atoms with Crippen molar-refractivity contribution in [3.05, 3.63) is 27.7 Å². The predicted octanol–water partition coefficient (Wildman–Crippen LogP) is 4.35. The quantitative estimate of drug-likeness (QED) is 0.847. The van der Waals surface area contributed by atoms with Crippen LogP contribution in [0.2, 0.25) is 5.02 Å². The number of rotatable bonds is 3. The number of nitrogens with one attached hydrogen (secondary N) is 1. The largest absolute Gasteiger partial charge is 0.242 e. The molecule has 0 heterocycles. The van der Waals surface area contributed by atoms with E-state index in [2.05, 4.69) is 34.5 Å². The molecule has 1 fully saturated rings. The van der Waals surface area contributed by atoms with Crippen LogP contribution in [0.25, 0.3) is 0 Å². The molecule has 0 bridgehead atoms. The van der Waals surface area contributed by atoms with Crippen molar-refractivity contribution in [2.45, 2.75) is 50.5 Å². The summed E-state index contributed by atoms with van der Waals surface area (Å²) in [7, 11) is -3.58. The Hall–Kier alpha value is -0.100. The molecule has 1 atom stereocenters. The first kappa shape index (κ1) is 16.3. The van der Waals surface area contributed by atoms with Gasteiger partial charge in [-0.3, -0.25) is 0 Å². The minimum atomic E-state index is -3.58. The lowest BCUT2D eigenvalue weighted by molar-refractivity contribution is 0.188. The van der Waals surface area contributed by atoms with Gasteiger partial charge in [0.05, 0.1) is 5.02 Å².